The Labute approximate surface area is 261 Å². The SMILES string of the molecule is CCOC(=O)C1C([P+](c2ccccc2)(c2ccccc2)c2ccccc2)C2C=CC=CC2(C)N1S(=O)(=O)c1ccc(C)cc1. The molecule has 1 aliphatic heterocycles. The van der Waals surface area contributed by atoms with Crippen LogP contribution in [0, 0.1) is 12.8 Å². The Morgan fingerprint density at radius 3 is 1.77 bits per heavy atom. The minimum absolute atomic E-state index is 0.140. The molecular weight excluding hydrogens is 585 g/mol. The first-order valence-electron chi connectivity index (χ1n) is 15.0. The molecule has 4 aromatic carbocycles. The first-order valence-corrected chi connectivity index (χ1v) is 18.3. The Hall–Kier alpha value is -3.83. The first kappa shape index (κ1) is 30.2. The topological polar surface area (TPSA) is 63.7 Å². The summed E-state index contributed by atoms with van der Waals surface area (Å²) in [5.74, 6) is -0.867. The quantitative estimate of drug-likeness (QED) is 0.184. The second-order valence-electron chi connectivity index (χ2n) is 11.5. The van der Waals surface area contributed by atoms with Crippen molar-refractivity contribution in [3.63, 3.8) is 0 Å². The maximum Gasteiger partial charge on any atom is 0.328 e. The molecular formula is C37H37NO4PS+. The van der Waals surface area contributed by atoms with Crippen LogP contribution in [0.25, 0.3) is 0 Å². The molecule has 1 aliphatic carbocycles. The van der Waals surface area contributed by atoms with Gasteiger partial charge < -0.3 is 4.74 Å². The third-order valence-electron chi connectivity index (χ3n) is 9.00. The molecule has 0 bridgehead atoms. The van der Waals surface area contributed by atoms with E-state index in [4.69, 9.17) is 4.74 Å². The first-order chi connectivity index (χ1) is 21.3. The molecule has 6 rings (SSSR count). The fourth-order valence-electron chi connectivity index (χ4n) is 7.16. The van der Waals surface area contributed by atoms with Crippen LogP contribution in [-0.2, 0) is 19.6 Å². The van der Waals surface area contributed by atoms with E-state index >= 15 is 0 Å². The summed E-state index contributed by atoms with van der Waals surface area (Å²) in [5, 5.41) is 3.24. The van der Waals surface area contributed by atoms with Crippen molar-refractivity contribution >= 4 is 39.2 Å². The molecule has 0 aromatic heterocycles. The van der Waals surface area contributed by atoms with Gasteiger partial charge in [0.1, 0.15) is 28.8 Å². The second kappa shape index (κ2) is 11.9. The molecule has 1 saturated heterocycles. The molecule has 224 valence electrons. The minimum atomic E-state index is -4.17. The molecule has 5 nitrogen and oxygen atoms in total. The summed E-state index contributed by atoms with van der Waals surface area (Å²) < 4.78 is 37.0. The molecule has 0 spiro atoms. The zero-order valence-corrected chi connectivity index (χ0v) is 26.9. The average Bonchev–Trinajstić information content (AvgIpc) is 3.33. The number of fused-ring (bicyclic) bond motifs is 1. The van der Waals surface area contributed by atoms with Crippen molar-refractivity contribution in [3.8, 4) is 0 Å². The van der Waals surface area contributed by atoms with Crippen LogP contribution < -0.4 is 15.9 Å². The highest BCUT2D eigenvalue weighted by Crippen LogP contribution is 2.68. The predicted molar refractivity (Wildman–Crippen MR) is 180 cm³/mol. The number of esters is 1. The van der Waals surface area contributed by atoms with Gasteiger partial charge in [-0.15, -0.1) is 0 Å². The van der Waals surface area contributed by atoms with Crippen LogP contribution in [0.15, 0.2) is 144 Å². The molecule has 4 aromatic rings. The number of ether oxygens (including phenoxy) is 1. The largest absolute Gasteiger partial charge is 0.465 e. The van der Waals surface area contributed by atoms with E-state index in [1.807, 2.05) is 86.7 Å². The number of hydrogen-bond donors (Lipinski definition) is 0. The molecule has 4 atom stereocenters. The molecule has 0 saturated carbocycles. The van der Waals surface area contributed by atoms with Gasteiger partial charge in [0, 0.05) is 5.92 Å². The van der Waals surface area contributed by atoms with Crippen molar-refractivity contribution < 1.29 is 17.9 Å². The van der Waals surface area contributed by atoms with E-state index in [0.29, 0.717) is 0 Å². The minimum Gasteiger partial charge on any atom is -0.465 e. The van der Waals surface area contributed by atoms with Gasteiger partial charge in [-0.25, -0.2) is 8.42 Å². The van der Waals surface area contributed by atoms with Crippen molar-refractivity contribution in [1.29, 1.82) is 0 Å². The van der Waals surface area contributed by atoms with Gasteiger partial charge in [0.25, 0.3) is 0 Å². The fraction of sp³-hybridized carbons (Fsp3) is 0.216. The predicted octanol–water partition coefficient (Wildman–Crippen LogP) is 5.79. The van der Waals surface area contributed by atoms with E-state index in [1.54, 1.807) is 31.2 Å². The van der Waals surface area contributed by atoms with Gasteiger partial charge in [-0.1, -0.05) is 96.6 Å². The number of allylic oxidation sites excluding steroid dienone is 2. The van der Waals surface area contributed by atoms with Gasteiger partial charge in [-0.05, 0) is 69.3 Å². The maximum atomic E-state index is 14.9. The molecule has 4 unspecified atom stereocenters. The zero-order valence-electron chi connectivity index (χ0n) is 25.2. The highest BCUT2D eigenvalue weighted by atomic mass is 32.2. The lowest BCUT2D eigenvalue weighted by Crippen LogP contribution is -2.54. The summed E-state index contributed by atoms with van der Waals surface area (Å²) in [7, 11) is -6.94. The number of benzene rings is 4. The number of aryl methyl sites for hydroxylation is 1. The molecule has 0 N–H and O–H groups in total. The van der Waals surface area contributed by atoms with E-state index in [0.717, 1.165) is 21.5 Å². The summed E-state index contributed by atoms with van der Waals surface area (Å²) in [6, 6.07) is 36.7. The molecule has 1 heterocycles. The van der Waals surface area contributed by atoms with E-state index in [-0.39, 0.29) is 17.4 Å². The van der Waals surface area contributed by atoms with Gasteiger partial charge in [0.2, 0.25) is 10.0 Å². The summed E-state index contributed by atoms with van der Waals surface area (Å²) in [4.78, 5) is 14.6. The highest BCUT2D eigenvalue weighted by Gasteiger charge is 2.72. The normalized spacial score (nSPS) is 23.3. The number of nitrogens with zero attached hydrogens (tertiary/aromatic N) is 1. The standard InChI is InChI=1S/C37H37NO4PS/c1-4-42-36(39)34-35(33-22-14-15-27-37(33,3)38(34)44(40,41)32-25-23-28(2)24-26-32)43(29-16-8-5-9-17-29,30-18-10-6-11-19-30)31-20-12-7-13-21-31/h5-27,33-35H,4H2,1-3H3/q+1. The third-order valence-corrected chi connectivity index (χ3v) is 15.8. The van der Waals surface area contributed by atoms with Gasteiger partial charge in [-0.2, -0.15) is 4.31 Å². The monoisotopic (exact) mass is 622 g/mol. The Morgan fingerprint density at radius 1 is 0.795 bits per heavy atom. The van der Waals surface area contributed by atoms with E-state index in [1.165, 1.54) is 4.31 Å². The number of sulfonamides is 1. The van der Waals surface area contributed by atoms with Crippen LogP contribution in [-0.4, -0.2) is 42.5 Å². The Morgan fingerprint density at radius 2 is 1.30 bits per heavy atom. The van der Waals surface area contributed by atoms with Gasteiger partial charge in [-0.3, -0.25) is 4.79 Å². The van der Waals surface area contributed by atoms with Crippen molar-refractivity contribution in [3.05, 3.63) is 145 Å². The van der Waals surface area contributed by atoms with Crippen molar-refractivity contribution in [2.24, 2.45) is 5.92 Å². The molecule has 44 heavy (non-hydrogen) atoms. The van der Waals surface area contributed by atoms with Crippen molar-refractivity contribution in [2.75, 3.05) is 6.61 Å². The molecule has 2 aliphatic rings. The third kappa shape index (κ3) is 4.77. The van der Waals surface area contributed by atoms with Crippen LogP contribution in [0.5, 0.6) is 0 Å². The lowest BCUT2D eigenvalue weighted by molar-refractivity contribution is -0.147. The van der Waals surface area contributed by atoms with Gasteiger partial charge in [0.05, 0.1) is 17.0 Å². The Bertz CT molecular complexity index is 1690. The molecule has 7 heteroatoms. The van der Waals surface area contributed by atoms with Crippen molar-refractivity contribution in [1.82, 2.24) is 4.31 Å². The smallest absolute Gasteiger partial charge is 0.328 e. The number of carbonyl (C=O) groups is 1. The fourth-order valence-corrected chi connectivity index (χ4v) is 14.6. The van der Waals surface area contributed by atoms with E-state index in [9.17, 15) is 13.2 Å². The maximum absolute atomic E-state index is 14.9. The van der Waals surface area contributed by atoms with Crippen LogP contribution in [0.4, 0.5) is 0 Å². The van der Waals surface area contributed by atoms with E-state index < -0.39 is 40.5 Å². The van der Waals surface area contributed by atoms with Crippen molar-refractivity contribution in [2.45, 2.75) is 42.9 Å². The van der Waals surface area contributed by atoms with Crippen LogP contribution in [0.1, 0.15) is 19.4 Å². The second-order valence-corrected chi connectivity index (χ2v) is 16.9. The lowest BCUT2D eigenvalue weighted by atomic mass is 9.83. The van der Waals surface area contributed by atoms with Crippen LogP contribution in [0.3, 0.4) is 0 Å². The summed E-state index contributed by atoms with van der Waals surface area (Å²) >= 11 is 0. The Balaban J connectivity index is 1.74. The van der Waals surface area contributed by atoms with Crippen LogP contribution >= 0.6 is 7.26 Å². The highest BCUT2D eigenvalue weighted by molar-refractivity contribution is 7.96. The number of rotatable bonds is 8. The number of hydrogen-bond acceptors (Lipinski definition) is 4. The molecule has 0 radical (unpaired) electrons. The molecule has 1 fully saturated rings. The Kier molecular flexibility index (Phi) is 8.19. The lowest BCUT2D eigenvalue weighted by Gasteiger charge is -2.38. The van der Waals surface area contributed by atoms with Gasteiger partial charge >= 0.3 is 5.97 Å². The molecule has 0 amide bonds. The summed E-state index contributed by atoms with van der Waals surface area (Å²) in [5.41, 5.74) is -0.554. The summed E-state index contributed by atoms with van der Waals surface area (Å²) in [6.45, 7) is 5.78. The summed E-state index contributed by atoms with van der Waals surface area (Å²) in [6.07, 6.45) is 7.93. The number of carbonyl (C=O) groups excluding carboxylic acids is 1. The van der Waals surface area contributed by atoms with Crippen LogP contribution in [0.2, 0.25) is 0 Å². The zero-order chi connectivity index (χ0) is 31.0. The van der Waals surface area contributed by atoms with E-state index in [2.05, 4.69) is 42.5 Å². The van der Waals surface area contributed by atoms with Gasteiger partial charge in [0.15, 0.2) is 6.04 Å². The average molecular weight is 623 g/mol.